The van der Waals surface area contributed by atoms with Crippen molar-refractivity contribution in [2.75, 3.05) is 19.0 Å². The Morgan fingerprint density at radius 3 is 2.52 bits per heavy atom. The molecule has 0 aromatic heterocycles. The first-order chi connectivity index (χ1) is 15.0. The summed E-state index contributed by atoms with van der Waals surface area (Å²) in [6, 6.07) is 10.3. The van der Waals surface area contributed by atoms with Crippen molar-refractivity contribution < 1.29 is 24.2 Å². The van der Waals surface area contributed by atoms with Gasteiger partial charge in [0.2, 0.25) is 11.8 Å². The molecule has 8 heteroatoms. The number of rotatable bonds is 11. The summed E-state index contributed by atoms with van der Waals surface area (Å²) in [6.45, 7) is 5.89. The molecule has 0 atom stereocenters. The Bertz CT molecular complexity index is 939. The summed E-state index contributed by atoms with van der Waals surface area (Å²) < 4.78 is 10.5. The van der Waals surface area contributed by atoms with Gasteiger partial charge in [0.1, 0.15) is 5.75 Å². The highest BCUT2D eigenvalue weighted by Gasteiger charge is 2.10. The summed E-state index contributed by atoms with van der Waals surface area (Å²) in [5.74, 6) is 0.416. The minimum atomic E-state index is -0.392. The van der Waals surface area contributed by atoms with Crippen LogP contribution in [0.5, 0.6) is 17.2 Å². The van der Waals surface area contributed by atoms with Crippen molar-refractivity contribution in [1.82, 2.24) is 5.43 Å². The van der Waals surface area contributed by atoms with Crippen LogP contribution in [0.15, 0.2) is 54.2 Å². The molecule has 3 N–H and O–H groups in total. The molecule has 31 heavy (non-hydrogen) atoms. The SMILES string of the molecule is C=CCc1cc(C=NNC(=O)CCC(=O)Nc2ccc(OC)cc2)cc(OCC)c1O. The fourth-order valence-electron chi connectivity index (χ4n) is 2.70. The van der Waals surface area contributed by atoms with Crippen molar-refractivity contribution in [3.63, 3.8) is 0 Å². The van der Waals surface area contributed by atoms with Gasteiger partial charge in [-0.3, -0.25) is 9.59 Å². The van der Waals surface area contributed by atoms with E-state index in [4.69, 9.17) is 9.47 Å². The Morgan fingerprint density at radius 2 is 1.87 bits per heavy atom. The van der Waals surface area contributed by atoms with E-state index in [1.54, 1.807) is 49.6 Å². The Balaban J connectivity index is 1.87. The quantitative estimate of drug-likeness (QED) is 0.290. The number of hydrogen-bond donors (Lipinski definition) is 3. The molecule has 0 aliphatic heterocycles. The normalized spacial score (nSPS) is 10.5. The number of aromatic hydroxyl groups is 1. The molecular weight excluding hydrogens is 398 g/mol. The zero-order valence-electron chi connectivity index (χ0n) is 17.7. The van der Waals surface area contributed by atoms with Crippen LogP contribution in [0.1, 0.15) is 30.9 Å². The largest absolute Gasteiger partial charge is 0.504 e. The van der Waals surface area contributed by atoms with Crippen LogP contribution < -0.4 is 20.2 Å². The van der Waals surface area contributed by atoms with Crippen LogP contribution >= 0.6 is 0 Å². The number of carbonyl (C=O) groups is 2. The first kappa shape index (κ1) is 23.5. The first-order valence-electron chi connectivity index (χ1n) is 9.82. The minimum absolute atomic E-state index is 0.0131. The summed E-state index contributed by atoms with van der Waals surface area (Å²) in [5.41, 5.74) is 4.31. The van der Waals surface area contributed by atoms with E-state index in [2.05, 4.69) is 22.4 Å². The molecule has 0 aliphatic carbocycles. The van der Waals surface area contributed by atoms with Crippen LogP contribution in [-0.2, 0) is 16.0 Å². The van der Waals surface area contributed by atoms with Crippen LogP contribution in [0, 0.1) is 0 Å². The number of nitrogens with zero attached hydrogens (tertiary/aromatic N) is 1. The first-order valence-corrected chi connectivity index (χ1v) is 9.82. The summed E-state index contributed by atoms with van der Waals surface area (Å²) in [6.07, 6.45) is 3.59. The number of benzene rings is 2. The number of hydrazone groups is 1. The smallest absolute Gasteiger partial charge is 0.240 e. The van der Waals surface area contributed by atoms with E-state index in [9.17, 15) is 14.7 Å². The van der Waals surface area contributed by atoms with Crippen molar-refractivity contribution in [1.29, 1.82) is 0 Å². The van der Waals surface area contributed by atoms with Crippen LogP contribution in [0.25, 0.3) is 0 Å². The number of amides is 2. The third kappa shape index (κ3) is 7.50. The number of ether oxygens (including phenoxy) is 2. The van der Waals surface area contributed by atoms with E-state index in [0.29, 0.717) is 41.3 Å². The number of phenolic OH excluding ortho intramolecular Hbond substituents is 1. The molecular formula is C23H27N3O5. The standard InChI is InChI=1S/C23H27N3O5/c1-4-6-17-13-16(14-20(23(17)29)31-5-2)15-24-26-22(28)12-11-21(27)25-18-7-9-19(30-3)10-8-18/h4,7-10,13-15,29H,1,5-6,11-12H2,2-3H3,(H,25,27)(H,26,28). The second-order valence-corrected chi connectivity index (χ2v) is 6.52. The number of methoxy groups -OCH3 is 1. The molecule has 2 rings (SSSR count). The fraction of sp³-hybridized carbons (Fsp3) is 0.261. The fourth-order valence-corrected chi connectivity index (χ4v) is 2.70. The van der Waals surface area contributed by atoms with Crippen LogP contribution in [0.4, 0.5) is 5.69 Å². The van der Waals surface area contributed by atoms with E-state index in [0.717, 1.165) is 0 Å². The summed E-state index contributed by atoms with van der Waals surface area (Å²) in [7, 11) is 1.56. The lowest BCUT2D eigenvalue weighted by Gasteiger charge is -2.10. The molecule has 0 bridgehead atoms. The monoisotopic (exact) mass is 425 g/mol. The molecule has 0 heterocycles. The highest BCUT2D eigenvalue weighted by molar-refractivity contribution is 5.93. The molecule has 0 unspecified atom stereocenters. The number of anilines is 1. The molecule has 0 fully saturated rings. The Morgan fingerprint density at radius 1 is 1.16 bits per heavy atom. The third-order valence-corrected chi connectivity index (χ3v) is 4.20. The van der Waals surface area contributed by atoms with Gasteiger partial charge in [0.05, 0.1) is 19.9 Å². The van der Waals surface area contributed by atoms with Crippen LogP contribution in [-0.4, -0.2) is 36.9 Å². The van der Waals surface area contributed by atoms with Gasteiger partial charge in [-0.05, 0) is 55.3 Å². The zero-order chi connectivity index (χ0) is 22.6. The molecule has 2 amide bonds. The molecule has 0 aliphatic rings. The van der Waals surface area contributed by atoms with E-state index >= 15 is 0 Å². The molecule has 0 saturated carbocycles. The van der Waals surface area contributed by atoms with Crippen molar-refractivity contribution in [3.05, 3.63) is 60.2 Å². The second kappa shape index (κ2) is 12.0. The maximum Gasteiger partial charge on any atom is 0.240 e. The van der Waals surface area contributed by atoms with Gasteiger partial charge in [0.15, 0.2) is 11.5 Å². The molecule has 8 nitrogen and oxygen atoms in total. The maximum absolute atomic E-state index is 12.0. The number of nitrogens with one attached hydrogen (secondary N) is 2. The van der Waals surface area contributed by atoms with Crippen molar-refractivity contribution in [3.8, 4) is 17.2 Å². The lowest BCUT2D eigenvalue weighted by molar-refractivity contribution is -0.124. The zero-order valence-corrected chi connectivity index (χ0v) is 17.7. The third-order valence-electron chi connectivity index (χ3n) is 4.20. The van der Waals surface area contributed by atoms with Gasteiger partial charge in [-0.25, -0.2) is 5.43 Å². The number of allylic oxidation sites excluding steroid dienone is 1. The van der Waals surface area contributed by atoms with Crippen LogP contribution in [0.3, 0.4) is 0 Å². The lowest BCUT2D eigenvalue weighted by atomic mass is 10.1. The van der Waals surface area contributed by atoms with E-state index < -0.39 is 5.91 Å². The average molecular weight is 425 g/mol. The van der Waals surface area contributed by atoms with Crippen LogP contribution in [0.2, 0.25) is 0 Å². The molecule has 2 aromatic carbocycles. The molecule has 0 radical (unpaired) electrons. The Hall–Kier alpha value is -3.81. The second-order valence-electron chi connectivity index (χ2n) is 6.52. The van der Waals surface area contributed by atoms with Gasteiger partial charge < -0.3 is 19.9 Å². The highest BCUT2D eigenvalue weighted by Crippen LogP contribution is 2.31. The predicted molar refractivity (Wildman–Crippen MR) is 120 cm³/mol. The van der Waals surface area contributed by atoms with Crippen molar-refractivity contribution in [2.45, 2.75) is 26.2 Å². The topological polar surface area (TPSA) is 109 Å². The van der Waals surface area contributed by atoms with Gasteiger partial charge in [-0.1, -0.05) is 6.08 Å². The van der Waals surface area contributed by atoms with Gasteiger partial charge >= 0.3 is 0 Å². The molecule has 0 saturated heterocycles. The summed E-state index contributed by atoms with van der Waals surface area (Å²) in [5, 5.41) is 16.8. The Kier molecular flexibility index (Phi) is 9.10. The summed E-state index contributed by atoms with van der Waals surface area (Å²) in [4.78, 5) is 24.0. The Labute approximate surface area is 181 Å². The van der Waals surface area contributed by atoms with E-state index in [1.165, 1.54) is 6.21 Å². The number of hydrogen-bond acceptors (Lipinski definition) is 6. The van der Waals surface area contributed by atoms with Gasteiger partial charge in [0.25, 0.3) is 0 Å². The van der Waals surface area contributed by atoms with E-state index in [1.807, 2.05) is 6.92 Å². The van der Waals surface area contributed by atoms with Gasteiger partial charge in [-0.15, -0.1) is 6.58 Å². The highest BCUT2D eigenvalue weighted by atomic mass is 16.5. The molecule has 2 aromatic rings. The molecule has 164 valence electrons. The predicted octanol–water partition coefficient (Wildman–Crippen LogP) is 3.40. The lowest BCUT2D eigenvalue weighted by Crippen LogP contribution is -2.20. The molecule has 0 spiro atoms. The number of carbonyl (C=O) groups excluding carboxylic acids is 2. The van der Waals surface area contributed by atoms with Crippen molar-refractivity contribution in [2.24, 2.45) is 5.10 Å². The van der Waals surface area contributed by atoms with E-state index in [-0.39, 0.29) is 24.5 Å². The van der Waals surface area contributed by atoms with Crippen molar-refractivity contribution >= 4 is 23.7 Å². The maximum atomic E-state index is 12.0. The van der Waals surface area contributed by atoms with Gasteiger partial charge in [-0.2, -0.15) is 5.10 Å². The summed E-state index contributed by atoms with van der Waals surface area (Å²) >= 11 is 0. The average Bonchev–Trinajstić information content (AvgIpc) is 2.76. The minimum Gasteiger partial charge on any atom is -0.504 e. The number of phenols is 1. The van der Waals surface area contributed by atoms with Gasteiger partial charge in [0, 0.05) is 24.1 Å².